The molecule has 0 spiro atoms. The second-order valence-electron chi connectivity index (χ2n) is 9.53. The SMILES string of the molecule is CN(C)C(=O)n1ccc2cc(C3(Cc4ccccc4)CCN(Cc4ccccc4)C3)ccc21. The Morgan fingerprint density at radius 1 is 0.909 bits per heavy atom. The van der Waals surface area contributed by atoms with E-state index in [0.29, 0.717) is 0 Å². The summed E-state index contributed by atoms with van der Waals surface area (Å²) in [7, 11) is 3.58. The number of rotatable bonds is 5. The molecule has 1 aromatic heterocycles. The lowest BCUT2D eigenvalue weighted by molar-refractivity contribution is 0.220. The van der Waals surface area contributed by atoms with Gasteiger partial charge in [0.05, 0.1) is 5.52 Å². The lowest BCUT2D eigenvalue weighted by Crippen LogP contribution is -2.33. The van der Waals surface area contributed by atoms with E-state index in [1.165, 1.54) is 16.7 Å². The second kappa shape index (κ2) is 8.87. The fourth-order valence-electron chi connectivity index (χ4n) is 5.26. The Balaban J connectivity index is 1.49. The van der Waals surface area contributed by atoms with Crippen LogP contribution in [0.25, 0.3) is 10.9 Å². The van der Waals surface area contributed by atoms with E-state index >= 15 is 0 Å². The van der Waals surface area contributed by atoms with Crippen molar-refractivity contribution in [2.75, 3.05) is 27.2 Å². The minimum Gasteiger partial charge on any atom is -0.330 e. The molecule has 2 heterocycles. The molecule has 4 heteroatoms. The zero-order valence-electron chi connectivity index (χ0n) is 19.4. The molecule has 1 aliphatic rings. The van der Waals surface area contributed by atoms with Gasteiger partial charge in [0.2, 0.25) is 0 Å². The summed E-state index contributed by atoms with van der Waals surface area (Å²) in [6, 6.07) is 30.3. The number of likely N-dealkylation sites (tertiary alicyclic amines) is 1. The van der Waals surface area contributed by atoms with Crippen molar-refractivity contribution in [3.05, 3.63) is 108 Å². The first kappa shape index (κ1) is 21.5. The highest BCUT2D eigenvalue weighted by molar-refractivity contribution is 5.91. The van der Waals surface area contributed by atoms with E-state index in [4.69, 9.17) is 0 Å². The first-order valence-electron chi connectivity index (χ1n) is 11.7. The largest absolute Gasteiger partial charge is 0.330 e. The van der Waals surface area contributed by atoms with Crippen LogP contribution in [0.2, 0.25) is 0 Å². The molecule has 1 aliphatic heterocycles. The monoisotopic (exact) mass is 437 g/mol. The summed E-state index contributed by atoms with van der Waals surface area (Å²) in [4.78, 5) is 16.8. The van der Waals surface area contributed by atoms with Crippen molar-refractivity contribution >= 4 is 16.9 Å². The molecule has 0 bridgehead atoms. The summed E-state index contributed by atoms with van der Waals surface area (Å²) in [5.41, 5.74) is 5.12. The van der Waals surface area contributed by atoms with Gasteiger partial charge in [-0.3, -0.25) is 9.47 Å². The number of amides is 1. The first-order valence-corrected chi connectivity index (χ1v) is 11.7. The Kier molecular flexibility index (Phi) is 5.77. The molecule has 33 heavy (non-hydrogen) atoms. The molecule has 4 aromatic rings. The van der Waals surface area contributed by atoms with Crippen molar-refractivity contribution in [3.8, 4) is 0 Å². The Hall–Kier alpha value is -3.37. The highest BCUT2D eigenvalue weighted by atomic mass is 16.2. The van der Waals surface area contributed by atoms with Gasteiger partial charge in [-0.05, 0) is 54.3 Å². The molecule has 0 radical (unpaired) electrons. The Morgan fingerprint density at radius 2 is 1.61 bits per heavy atom. The van der Waals surface area contributed by atoms with Crippen molar-refractivity contribution in [1.82, 2.24) is 14.4 Å². The average molecular weight is 438 g/mol. The molecule has 0 saturated carbocycles. The molecule has 1 amide bonds. The maximum absolute atomic E-state index is 12.6. The molecule has 168 valence electrons. The summed E-state index contributed by atoms with van der Waals surface area (Å²) in [6.07, 6.45) is 4.02. The summed E-state index contributed by atoms with van der Waals surface area (Å²) < 4.78 is 1.74. The highest BCUT2D eigenvalue weighted by Gasteiger charge is 2.39. The molecular weight excluding hydrogens is 406 g/mol. The van der Waals surface area contributed by atoms with E-state index < -0.39 is 0 Å². The molecule has 4 nitrogen and oxygen atoms in total. The van der Waals surface area contributed by atoms with Crippen LogP contribution in [0.1, 0.15) is 23.1 Å². The van der Waals surface area contributed by atoms with Crippen molar-refractivity contribution in [1.29, 1.82) is 0 Å². The summed E-state index contributed by atoms with van der Waals surface area (Å²) in [5, 5.41) is 1.12. The van der Waals surface area contributed by atoms with Gasteiger partial charge in [-0.25, -0.2) is 4.79 Å². The summed E-state index contributed by atoms with van der Waals surface area (Å²) in [6.45, 7) is 3.09. The van der Waals surface area contributed by atoms with E-state index in [1.54, 1.807) is 23.6 Å². The van der Waals surface area contributed by atoms with Gasteiger partial charge >= 0.3 is 6.03 Å². The number of aromatic nitrogens is 1. The van der Waals surface area contributed by atoms with E-state index in [9.17, 15) is 4.79 Å². The van der Waals surface area contributed by atoms with Gasteiger partial charge in [0.15, 0.2) is 0 Å². The third-order valence-electron chi connectivity index (χ3n) is 6.96. The van der Waals surface area contributed by atoms with Gasteiger partial charge in [-0.15, -0.1) is 0 Å². The third-order valence-corrected chi connectivity index (χ3v) is 6.96. The maximum Gasteiger partial charge on any atom is 0.328 e. The Labute approximate surface area is 196 Å². The molecule has 3 aromatic carbocycles. The number of fused-ring (bicyclic) bond motifs is 1. The van der Waals surface area contributed by atoms with Crippen LogP contribution in [0, 0.1) is 0 Å². The quantitative estimate of drug-likeness (QED) is 0.409. The standard InChI is InChI=1S/C29H31N3O/c1-30(2)28(33)32-17-15-25-19-26(13-14-27(25)32)29(20-23-9-5-3-6-10-23)16-18-31(22-29)21-24-11-7-4-8-12-24/h3-15,17,19H,16,18,20-22H2,1-2H3. The third kappa shape index (κ3) is 4.31. The topological polar surface area (TPSA) is 28.5 Å². The van der Waals surface area contributed by atoms with Crippen LogP contribution in [0.3, 0.4) is 0 Å². The second-order valence-corrected chi connectivity index (χ2v) is 9.53. The van der Waals surface area contributed by atoms with Crippen LogP contribution in [0.4, 0.5) is 4.79 Å². The van der Waals surface area contributed by atoms with Gasteiger partial charge < -0.3 is 4.90 Å². The van der Waals surface area contributed by atoms with Crippen LogP contribution < -0.4 is 0 Å². The normalized spacial score (nSPS) is 18.6. The molecular formula is C29H31N3O. The van der Waals surface area contributed by atoms with Crippen molar-refractivity contribution in [2.45, 2.75) is 24.8 Å². The summed E-state index contributed by atoms with van der Waals surface area (Å²) in [5.74, 6) is 0. The van der Waals surface area contributed by atoms with Crippen LogP contribution in [0.5, 0.6) is 0 Å². The predicted molar refractivity (Wildman–Crippen MR) is 135 cm³/mol. The van der Waals surface area contributed by atoms with Crippen LogP contribution in [-0.2, 0) is 18.4 Å². The van der Waals surface area contributed by atoms with Crippen molar-refractivity contribution < 1.29 is 4.79 Å². The lowest BCUT2D eigenvalue weighted by Gasteiger charge is -2.31. The zero-order chi connectivity index (χ0) is 22.8. The van der Waals surface area contributed by atoms with E-state index in [2.05, 4.69) is 89.8 Å². The smallest absolute Gasteiger partial charge is 0.328 e. The molecule has 0 aliphatic carbocycles. The van der Waals surface area contributed by atoms with Crippen molar-refractivity contribution in [2.24, 2.45) is 0 Å². The van der Waals surface area contributed by atoms with Gasteiger partial charge in [0, 0.05) is 44.2 Å². The minimum atomic E-state index is -0.0216. The first-order chi connectivity index (χ1) is 16.0. The van der Waals surface area contributed by atoms with Crippen LogP contribution in [-0.4, -0.2) is 47.6 Å². The van der Waals surface area contributed by atoms with Gasteiger partial charge in [-0.1, -0.05) is 66.7 Å². The van der Waals surface area contributed by atoms with Gasteiger partial charge in [0.25, 0.3) is 0 Å². The number of hydrogen-bond donors (Lipinski definition) is 0. The Bertz CT molecular complexity index is 1250. The molecule has 5 rings (SSSR count). The number of nitrogens with zero attached hydrogens (tertiary/aromatic N) is 3. The molecule has 0 N–H and O–H groups in total. The summed E-state index contributed by atoms with van der Waals surface area (Å²) >= 11 is 0. The van der Waals surface area contributed by atoms with E-state index in [-0.39, 0.29) is 11.4 Å². The predicted octanol–water partition coefficient (Wildman–Crippen LogP) is 5.56. The average Bonchev–Trinajstić information content (AvgIpc) is 3.44. The van der Waals surface area contributed by atoms with Gasteiger partial charge in [0.1, 0.15) is 0 Å². The highest BCUT2D eigenvalue weighted by Crippen LogP contribution is 2.39. The molecule has 1 atom stereocenters. The van der Waals surface area contributed by atoms with Crippen LogP contribution in [0.15, 0.2) is 91.1 Å². The zero-order valence-corrected chi connectivity index (χ0v) is 19.4. The van der Waals surface area contributed by atoms with E-state index in [1.807, 2.05) is 6.20 Å². The lowest BCUT2D eigenvalue weighted by atomic mass is 9.74. The number of benzene rings is 3. The number of carbonyl (C=O) groups excluding carboxylic acids is 1. The molecule has 1 saturated heterocycles. The number of carbonyl (C=O) groups is 1. The van der Waals surface area contributed by atoms with Crippen molar-refractivity contribution in [3.63, 3.8) is 0 Å². The number of hydrogen-bond acceptors (Lipinski definition) is 2. The van der Waals surface area contributed by atoms with Gasteiger partial charge in [-0.2, -0.15) is 0 Å². The fraction of sp³-hybridized carbons (Fsp3) is 0.276. The molecule has 1 fully saturated rings. The van der Waals surface area contributed by atoms with E-state index in [0.717, 1.165) is 43.4 Å². The molecule has 1 unspecified atom stereocenters. The fourth-order valence-corrected chi connectivity index (χ4v) is 5.26. The maximum atomic E-state index is 12.6. The van der Waals surface area contributed by atoms with Crippen LogP contribution >= 0.6 is 0 Å². The Morgan fingerprint density at radius 3 is 2.30 bits per heavy atom. The minimum absolute atomic E-state index is 0.0216.